The fourth-order valence-corrected chi connectivity index (χ4v) is 1.03. The minimum Gasteiger partial charge on any atom is -0.355 e. The first-order valence-electron chi connectivity index (χ1n) is 4.94. The number of amides is 1. The van der Waals surface area contributed by atoms with E-state index in [2.05, 4.69) is 20.6 Å². The van der Waals surface area contributed by atoms with E-state index in [1.54, 1.807) is 6.20 Å². The van der Waals surface area contributed by atoms with Gasteiger partial charge in [-0.05, 0) is 26.3 Å². The first kappa shape index (κ1) is 11.4. The van der Waals surface area contributed by atoms with Crippen molar-refractivity contribution < 1.29 is 4.79 Å². The Kier molecular flexibility index (Phi) is 4.03. The molecule has 0 aromatic carbocycles. The third kappa shape index (κ3) is 3.53. The highest BCUT2D eigenvalue weighted by Crippen LogP contribution is 2.04. The largest absolute Gasteiger partial charge is 0.355 e. The molecule has 82 valence electrons. The molecule has 2 N–H and O–H groups in total. The molecule has 1 aromatic rings. The normalized spacial score (nSPS) is 9.80. The highest BCUT2D eigenvalue weighted by atomic mass is 16.1. The summed E-state index contributed by atoms with van der Waals surface area (Å²) in [6, 6.07) is 0. The summed E-state index contributed by atoms with van der Waals surface area (Å²) < 4.78 is 0. The second kappa shape index (κ2) is 5.29. The van der Waals surface area contributed by atoms with Crippen LogP contribution in [0.15, 0.2) is 6.20 Å². The molecule has 1 aromatic heterocycles. The standard InChI is InChI=1S/C10H16N4O/c1-4-11-9(15)6-13-10-12-5-7(2)8(3)14-10/h5H,4,6H2,1-3H3,(H,11,15)(H,12,13,14). The molecule has 0 fully saturated rings. The van der Waals surface area contributed by atoms with Crippen molar-refractivity contribution in [2.75, 3.05) is 18.4 Å². The van der Waals surface area contributed by atoms with Gasteiger partial charge in [-0.15, -0.1) is 0 Å². The van der Waals surface area contributed by atoms with Crippen LogP contribution < -0.4 is 10.6 Å². The molecule has 5 nitrogen and oxygen atoms in total. The summed E-state index contributed by atoms with van der Waals surface area (Å²) in [5, 5.41) is 5.55. The Hall–Kier alpha value is -1.65. The third-order valence-electron chi connectivity index (χ3n) is 2.01. The Labute approximate surface area is 89.3 Å². The van der Waals surface area contributed by atoms with Gasteiger partial charge in [-0.25, -0.2) is 9.97 Å². The van der Waals surface area contributed by atoms with Gasteiger partial charge in [-0.1, -0.05) is 0 Å². The minimum atomic E-state index is -0.0562. The fourth-order valence-electron chi connectivity index (χ4n) is 1.03. The zero-order valence-electron chi connectivity index (χ0n) is 9.29. The third-order valence-corrected chi connectivity index (χ3v) is 2.01. The zero-order valence-corrected chi connectivity index (χ0v) is 9.29. The van der Waals surface area contributed by atoms with E-state index >= 15 is 0 Å². The Balaban J connectivity index is 2.51. The van der Waals surface area contributed by atoms with Gasteiger partial charge in [0.25, 0.3) is 0 Å². The van der Waals surface area contributed by atoms with Crippen LogP contribution in [0.2, 0.25) is 0 Å². The van der Waals surface area contributed by atoms with Gasteiger partial charge >= 0.3 is 0 Å². The van der Waals surface area contributed by atoms with Crippen molar-refractivity contribution in [2.45, 2.75) is 20.8 Å². The number of nitrogens with zero attached hydrogens (tertiary/aromatic N) is 2. The van der Waals surface area contributed by atoms with Crippen LogP contribution in [0.3, 0.4) is 0 Å². The summed E-state index contributed by atoms with van der Waals surface area (Å²) >= 11 is 0. The Morgan fingerprint density at radius 3 is 2.80 bits per heavy atom. The van der Waals surface area contributed by atoms with Gasteiger partial charge in [0.05, 0.1) is 6.54 Å². The number of nitrogens with one attached hydrogen (secondary N) is 2. The second-order valence-corrected chi connectivity index (χ2v) is 3.27. The summed E-state index contributed by atoms with van der Waals surface area (Å²) in [5.74, 6) is 0.434. The van der Waals surface area contributed by atoms with Gasteiger partial charge in [0, 0.05) is 18.4 Å². The van der Waals surface area contributed by atoms with Crippen molar-refractivity contribution in [3.05, 3.63) is 17.5 Å². The summed E-state index contributed by atoms with van der Waals surface area (Å²) in [7, 11) is 0. The van der Waals surface area contributed by atoms with Crippen LogP contribution >= 0.6 is 0 Å². The molecule has 1 heterocycles. The number of aromatic nitrogens is 2. The SMILES string of the molecule is CCNC(=O)CNc1ncc(C)c(C)n1. The molecule has 1 rings (SSSR count). The van der Waals surface area contributed by atoms with E-state index in [0.717, 1.165) is 11.3 Å². The smallest absolute Gasteiger partial charge is 0.239 e. The topological polar surface area (TPSA) is 66.9 Å². The number of hydrogen-bond acceptors (Lipinski definition) is 4. The van der Waals surface area contributed by atoms with Gasteiger partial charge in [-0.2, -0.15) is 0 Å². The second-order valence-electron chi connectivity index (χ2n) is 3.27. The van der Waals surface area contributed by atoms with Crippen LogP contribution in [0, 0.1) is 13.8 Å². The van der Waals surface area contributed by atoms with E-state index in [1.807, 2.05) is 20.8 Å². The van der Waals surface area contributed by atoms with E-state index in [0.29, 0.717) is 12.5 Å². The molecule has 0 atom stereocenters. The molecular formula is C10H16N4O. The first-order valence-corrected chi connectivity index (χ1v) is 4.94. The van der Waals surface area contributed by atoms with Crippen molar-refractivity contribution in [2.24, 2.45) is 0 Å². The first-order chi connectivity index (χ1) is 7.13. The number of likely N-dealkylation sites (N-methyl/N-ethyl adjacent to an activating group) is 1. The molecule has 0 aliphatic rings. The molecule has 15 heavy (non-hydrogen) atoms. The van der Waals surface area contributed by atoms with Crippen LogP contribution in [0.5, 0.6) is 0 Å². The maximum atomic E-state index is 11.1. The molecule has 0 aliphatic carbocycles. The molecule has 0 spiro atoms. The fraction of sp³-hybridized carbons (Fsp3) is 0.500. The van der Waals surface area contributed by atoms with Crippen molar-refractivity contribution >= 4 is 11.9 Å². The van der Waals surface area contributed by atoms with E-state index in [4.69, 9.17) is 0 Å². The molecule has 0 saturated carbocycles. The maximum absolute atomic E-state index is 11.1. The highest BCUT2D eigenvalue weighted by molar-refractivity contribution is 5.80. The summed E-state index contributed by atoms with van der Waals surface area (Å²) in [6.07, 6.45) is 1.74. The molecule has 0 unspecified atom stereocenters. The van der Waals surface area contributed by atoms with Crippen LogP contribution in [-0.2, 0) is 4.79 Å². The highest BCUT2D eigenvalue weighted by Gasteiger charge is 2.02. The van der Waals surface area contributed by atoms with Crippen molar-refractivity contribution in [3.63, 3.8) is 0 Å². The van der Waals surface area contributed by atoms with Crippen molar-refractivity contribution in [3.8, 4) is 0 Å². The molecule has 1 amide bonds. The molecule has 0 bridgehead atoms. The van der Waals surface area contributed by atoms with Gasteiger partial charge < -0.3 is 10.6 Å². The predicted molar refractivity (Wildman–Crippen MR) is 58.7 cm³/mol. The Bertz CT molecular complexity index is 351. The molecule has 0 aliphatic heterocycles. The van der Waals surface area contributed by atoms with E-state index < -0.39 is 0 Å². The van der Waals surface area contributed by atoms with E-state index in [1.165, 1.54) is 0 Å². The number of hydrogen-bond donors (Lipinski definition) is 2. The summed E-state index contributed by atoms with van der Waals surface area (Å²) in [5.41, 5.74) is 1.96. The van der Waals surface area contributed by atoms with Gasteiger partial charge in [0.2, 0.25) is 11.9 Å². The molecule has 0 saturated heterocycles. The Morgan fingerprint density at radius 2 is 2.20 bits per heavy atom. The van der Waals surface area contributed by atoms with Crippen molar-refractivity contribution in [1.29, 1.82) is 0 Å². The zero-order chi connectivity index (χ0) is 11.3. The number of aryl methyl sites for hydroxylation is 2. The number of carbonyl (C=O) groups excluding carboxylic acids is 1. The number of rotatable bonds is 4. The van der Waals surface area contributed by atoms with Crippen LogP contribution in [0.4, 0.5) is 5.95 Å². The summed E-state index contributed by atoms with van der Waals surface area (Å²) in [6.45, 7) is 6.58. The predicted octanol–water partition coefficient (Wildman–Crippen LogP) is 0.641. The van der Waals surface area contributed by atoms with Gasteiger partial charge in [-0.3, -0.25) is 4.79 Å². The minimum absolute atomic E-state index is 0.0562. The molecule has 0 radical (unpaired) electrons. The number of anilines is 1. The van der Waals surface area contributed by atoms with E-state index in [9.17, 15) is 4.79 Å². The van der Waals surface area contributed by atoms with Gasteiger partial charge in [0.15, 0.2) is 0 Å². The summed E-state index contributed by atoms with van der Waals surface area (Å²) in [4.78, 5) is 19.4. The maximum Gasteiger partial charge on any atom is 0.239 e. The van der Waals surface area contributed by atoms with Crippen LogP contribution in [0.25, 0.3) is 0 Å². The van der Waals surface area contributed by atoms with Crippen molar-refractivity contribution in [1.82, 2.24) is 15.3 Å². The molecule has 5 heteroatoms. The lowest BCUT2D eigenvalue weighted by molar-refractivity contribution is -0.119. The lowest BCUT2D eigenvalue weighted by Crippen LogP contribution is -2.29. The number of carbonyl (C=O) groups is 1. The van der Waals surface area contributed by atoms with Crippen LogP contribution in [-0.4, -0.2) is 29.0 Å². The van der Waals surface area contributed by atoms with Crippen LogP contribution in [0.1, 0.15) is 18.2 Å². The van der Waals surface area contributed by atoms with E-state index in [-0.39, 0.29) is 12.5 Å². The lowest BCUT2D eigenvalue weighted by Gasteiger charge is -2.06. The quantitative estimate of drug-likeness (QED) is 0.762. The molecular weight excluding hydrogens is 192 g/mol. The average molecular weight is 208 g/mol. The average Bonchev–Trinajstić information content (AvgIpc) is 2.20. The lowest BCUT2D eigenvalue weighted by atomic mass is 10.3. The monoisotopic (exact) mass is 208 g/mol. The van der Waals surface area contributed by atoms with Gasteiger partial charge in [0.1, 0.15) is 0 Å². The Morgan fingerprint density at radius 1 is 1.47 bits per heavy atom.